The molecule has 11 heavy (non-hydrogen) atoms. The molecule has 0 atom stereocenters. The zero-order chi connectivity index (χ0) is 8.27. The minimum atomic E-state index is -0.397. The topological polar surface area (TPSA) is 68.9 Å². The molecule has 0 saturated heterocycles. The van der Waals surface area contributed by atoms with Crippen LogP contribution in [0.25, 0.3) is 0 Å². The molecule has 0 bridgehead atoms. The quantitative estimate of drug-likeness (QED) is 0.460. The summed E-state index contributed by atoms with van der Waals surface area (Å²) in [7, 11) is 0. The van der Waals surface area contributed by atoms with E-state index in [2.05, 4.69) is 9.97 Å². The van der Waals surface area contributed by atoms with Gasteiger partial charge in [0.05, 0.1) is 11.3 Å². The minimum absolute atomic E-state index is 0.202. The first-order chi connectivity index (χ1) is 5.20. The van der Waals surface area contributed by atoms with Gasteiger partial charge in [0.25, 0.3) is 0 Å². The number of nitrogens with zero attached hydrogens (tertiary/aromatic N) is 3. The molecule has 0 saturated carbocycles. The van der Waals surface area contributed by atoms with Gasteiger partial charge in [0.2, 0.25) is 6.54 Å². The molecule has 0 amide bonds. The van der Waals surface area contributed by atoms with Crippen molar-refractivity contribution < 1.29 is 4.92 Å². The van der Waals surface area contributed by atoms with Crippen LogP contribution >= 0.6 is 0 Å². The molecule has 0 aromatic carbocycles. The van der Waals surface area contributed by atoms with E-state index >= 15 is 0 Å². The van der Waals surface area contributed by atoms with Crippen LogP contribution < -0.4 is 0 Å². The highest BCUT2D eigenvalue weighted by molar-refractivity contribution is 5.12. The Hall–Kier alpha value is -1.52. The van der Waals surface area contributed by atoms with E-state index in [1.165, 1.54) is 12.5 Å². The summed E-state index contributed by atoms with van der Waals surface area (Å²) in [6, 6.07) is 0. The van der Waals surface area contributed by atoms with Crippen LogP contribution in [0.5, 0.6) is 0 Å². The fraction of sp³-hybridized carbons (Fsp3) is 0.333. The third kappa shape index (κ3) is 1.96. The van der Waals surface area contributed by atoms with Crippen LogP contribution in [0, 0.1) is 17.0 Å². The van der Waals surface area contributed by atoms with Crippen LogP contribution in [0.4, 0.5) is 0 Å². The molecule has 1 heterocycles. The predicted octanol–water partition coefficient (Wildman–Crippen LogP) is 0.562. The molecule has 0 aliphatic heterocycles. The molecule has 5 heteroatoms. The lowest BCUT2D eigenvalue weighted by Crippen LogP contribution is -2.02. The predicted molar refractivity (Wildman–Crippen MR) is 37.5 cm³/mol. The van der Waals surface area contributed by atoms with Crippen LogP contribution in [0.2, 0.25) is 0 Å². The Morgan fingerprint density at radius 1 is 1.73 bits per heavy atom. The van der Waals surface area contributed by atoms with Crippen molar-refractivity contribution in [1.82, 2.24) is 9.97 Å². The first-order valence-corrected chi connectivity index (χ1v) is 3.07. The summed E-state index contributed by atoms with van der Waals surface area (Å²) >= 11 is 0. The van der Waals surface area contributed by atoms with Crippen molar-refractivity contribution in [3.8, 4) is 0 Å². The van der Waals surface area contributed by atoms with Crippen LogP contribution in [0.1, 0.15) is 11.3 Å². The van der Waals surface area contributed by atoms with Gasteiger partial charge >= 0.3 is 0 Å². The molecule has 5 nitrogen and oxygen atoms in total. The fourth-order valence-electron chi connectivity index (χ4n) is 0.714. The number of aromatic nitrogens is 2. The van der Waals surface area contributed by atoms with Crippen molar-refractivity contribution in [3.63, 3.8) is 0 Å². The second-order valence-corrected chi connectivity index (χ2v) is 2.12. The monoisotopic (exact) mass is 153 g/mol. The molecule has 1 aromatic heterocycles. The summed E-state index contributed by atoms with van der Waals surface area (Å²) in [4.78, 5) is 17.2. The van der Waals surface area contributed by atoms with Gasteiger partial charge < -0.3 is 0 Å². The highest BCUT2D eigenvalue weighted by atomic mass is 16.6. The summed E-state index contributed by atoms with van der Waals surface area (Å²) in [5.41, 5.74) is 1.23. The van der Waals surface area contributed by atoms with E-state index in [9.17, 15) is 10.1 Å². The van der Waals surface area contributed by atoms with Crippen molar-refractivity contribution in [2.45, 2.75) is 13.5 Å². The zero-order valence-electron chi connectivity index (χ0n) is 6.02. The Morgan fingerprint density at radius 3 is 3.00 bits per heavy atom. The summed E-state index contributed by atoms with van der Waals surface area (Å²) < 4.78 is 0. The lowest BCUT2D eigenvalue weighted by molar-refractivity contribution is -0.497. The minimum Gasteiger partial charge on any atom is -0.264 e. The molecule has 0 fully saturated rings. The maximum atomic E-state index is 10.1. The molecule has 0 spiro atoms. The van der Waals surface area contributed by atoms with Gasteiger partial charge in [-0.05, 0) is 6.92 Å². The number of hydrogen-bond acceptors (Lipinski definition) is 4. The SMILES string of the molecule is Cc1ncncc1C[N+](=O)[O-]. The smallest absolute Gasteiger partial charge is 0.232 e. The molecule has 1 aromatic rings. The molecular formula is C6H7N3O2. The van der Waals surface area contributed by atoms with Crippen LogP contribution in [-0.4, -0.2) is 14.9 Å². The lowest BCUT2D eigenvalue weighted by atomic mass is 10.2. The van der Waals surface area contributed by atoms with Gasteiger partial charge in [-0.15, -0.1) is 0 Å². The van der Waals surface area contributed by atoms with E-state index in [1.54, 1.807) is 6.92 Å². The van der Waals surface area contributed by atoms with E-state index in [1.807, 2.05) is 0 Å². The summed E-state index contributed by atoms with van der Waals surface area (Å²) in [6.45, 7) is 1.52. The van der Waals surface area contributed by atoms with Crippen LogP contribution in [0.3, 0.4) is 0 Å². The van der Waals surface area contributed by atoms with Crippen molar-refractivity contribution >= 4 is 0 Å². The van der Waals surface area contributed by atoms with Crippen molar-refractivity contribution in [3.05, 3.63) is 33.9 Å². The summed E-state index contributed by atoms with van der Waals surface area (Å²) in [5.74, 6) is 0. The molecule has 1 rings (SSSR count). The van der Waals surface area contributed by atoms with E-state index in [0.717, 1.165) is 0 Å². The second kappa shape index (κ2) is 3.05. The van der Waals surface area contributed by atoms with Gasteiger partial charge in [0.15, 0.2) is 0 Å². The summed E-state index contributed by atoms with van der Waals surface area (Å²) in [6.07, 6.45) is 2.84. The Labute approximate surface area is 63.3 Å². The summed E-state index contributed by atoms with van der Waals surface area (Å²) in [5, 5.41) is 10.1. The first kappa shape index (κ1) is 7.59. The fourth-order valence-corrected chi connectivity index (χ4v) is 0.714. The Kier molecular flexibility index (Phi) is 2.10. The Morgan fingerprint density at radius 2 is 2.45 bits per heavy atom. The molecule has 0 aliphatic rings. The zero-order valence-corrected chi connectivity index (χ0v) is 6.02. The average Bonchev–Trinajstić information content (AvgIpc) is 1.93. The van der Waals surface area contributed by atoms with Gasteiger partial charge in [-0.1, -0.05) is 0 Å². The van der Waals surface area contributed by atoms with Gasteiger partial charge in [0, 0.05) is 11.1 Å². The average molecular weight is 153 g/mol. The number of aryl methyl sites for hydroxylation is 1. The molecule has 0 aliphatic carbocycles. The maximum absolute atomic E-state index is 10.1. The Balaban J connectivity index is 2.86. The third-order valence-corrected chi connectivity index (χ3v) is 1.31. The van der Waals surface area contributed by atoms with E-state index in [-0.39, 0.29) is 6.54 Å². The van der Waals surface area contributed by atoms with E-state index < -0.39 is 4.92 Å². The largest absolute Gasteiger partial charge is 0.264 e. The van der Waals surface area contributed by atoms with Crippen LogP contribution in [0.15, 0.2) is 12.5 Å². The van der Waals surface area contributed by atoms with Gasteiger partial charge in [-0.25, -0.2) is 9.97 Å². The standard InChI is InChI=1S/C6H7N3O2/c1-5-6(3-9(10)11)2-7-4-8-5/h2,4H,3H2,1H3. The van der Waals surface area contributed by atoms with Gasteiger partial charge in [0.1, 0.15) is 6.33 Å². The number of rotatable bonds is 2. The van der Waals surface area contributed by atoms with Crippen LogP contribution in [-0.2, 0) is 6.54 Å². The van der Waals surface area contributed by atoms with Crippen molar-refractivity contribution in [1.29, 1.82) is 0 Å². The molecular weight excluding hydrogens is 146 g/mol. The van der Waals surface area contributed by atoms with Crippen molar-refractivity contribution in [2.75, 3.05) is 0 Å². The van der Waals surface area contributed by atoms with Gasteiger partial charge in [-0.2, -0.15) is 0 Å². The molecule has 58 valence electrons. The normalized spacial score (nSPS) is 9.55. The lowest BCUT2D eigenvalue weighted by Gasteiger charge is -1.96. The Bertz CT molecular complexity index is 274. The molecule has 0 unspecified atom stereocenters. The third-order valence-electron chi connectivity index (χ3n) is 1.31. The van der Waals surface area contributed by atoms with Gasteiger partial charge in [-0.3, -0.25) is 10.1 Å². The van der Waals surface area contributed by atoms with E-state index in [0.29, 0.717) is 11.3 Å². The highest BCUT2D eigenvalue weighted by Crippen LogP contribution is 2.01. The first-order valence-electron chi connectivity index (χ1n) is 3.07. The number of nitro groups is 1. The molecule has 0 N–H and O–H groups in total. The molecule has 0 radical (unpaired) electrons. The maximum Gasteiger partial charge on any atom is 0.232 e. The highest BCUT2D eigenvalue weighted by Gasteiger charge is 2.04. The number of hydrogen-bond donors (Lipinski definition) is 0. The van der Waals surface area contributed by atoms with Crippen molar-refractivity contribution in [2.24, 2.45) is 0 Å². The van der Waals surface area contributed by atoms with E-state index in [4.69, 9.17) is 0 Å². The second-order valence-electron chi connectivity index (χ2n) is 2.12.